The predicted molar refractivity (Wildman–Crippen MR) is 76.6 cm³/mol. The van der Waals surface area contributed by atoms with Crippen molar-refractivity contribution >= 4 is 15.9 Å². The lowest BCUT2D eigenvalue weighted by molar-refractivity contribution is 0.199. The summed E-state index contributed by atoms with van der Waals surface area (Å²) in [5.74, 6) is 0. The van der Waals surface area contributed by atoms with Crippen molar-refractivity contribution in [2.45, 2.75) is 26.2 Å². The van der Waals surface area contributed by atoms with Crippen LogP contribution >= 0.6 is 15.9 Å². The van der Waals surface area contributed by atoms with Crippen LogP contribution in [0, 0.1) is 6.92 Å². The Morgan fingerprint density at radius 2 is 2.06 bits per heavy atom. The summed E-state index contributed by atoms with van der Waals surface area (Å²) in [5, 5.41) is 3.36. The fraction of sp³-hybridized carbons (Fsp3) is 0.571. The van der Waals surface area contributed by atoms with E-state index in [0.29, 0.717) is 0 Å². The summed E-state index contributed by atoms with van der Waals surface area (Å²) in [5.41, 5.74) is 2.75. The molecule has 0 saturated carbocycles. The Kier molecular flexibility index (Phi) is 7.49. The molecule has 0 unspecified atom stereocenters. The van der Waals surface area contributed by atoms with Gasteiger partial charge in [0.2, 0.25) is 0 Å². The quantitative estimate of drug-likeness (QED) is 0.744. The first kappa shape index (κ1) is 14.7. The Morgan fingerprint density at radius 3 is 2.76 bits per heavy atom. The van der Waals surface area contributed by atoms with E-state index in [1.54, 1.807) is 7.11 Å². The zero-order valence-electron chi connectivity index (χ0n) is 10.8. The largest absolute Gasteiger partial charge is 0.383 e. The molecule has 2 nitrogen and oxygen atoms in total. The zero-order valence-corrected chi connectivity index (χ0v) is 12.3. The second-order valence-corrected chi connectivity index (χ2v) is 5.14. The Labute approximate surface area is 113 Å². The van der Waals surface area contributed by atoms with Crippen molar-refractivity contribution in [2.75, 3.05) is 26.8 Å². The number of methoxy groups -OCH3 is 1. The Hall–Kier alpha value is -0.380. The minimum absolute atomic E-state index is 0.798. The lowest BCUT2D eigenvalue weighted by Crippen LogP contribution is -2.20. The molecule has 17 heavy (non-hydrogen) atoms. The van der Waals surface area contributed by atoms with E-state index in [0.717, 1.165) is 19.7 Å². The number of hydrogen-bond acceptors (Lipinski definition) is 2. The number of unbranched alkanes of at least 4 members (excludes halogenated alkanes) is 1. The van der Waals surface area contributed by atoms with Crippen molar-refractivity contribution in [2.24, 2.45) is 0 Å². The summed E-state index contributed by atoms with van der Waals surface area (Å²) in [6.45, 7) is 4.97. The van der Waals surface area contributed by atoms with Crippen LogP contribution in [0.3, 0.4) is 0 Å². The van der Waals surface area contributed by atoms with Gasteiger partial charge in [0.15, 0.2) is 0 Å². The topological polar surface area (TPSA) is 21.3 Å². The monoisotopic (exact) mass is 299 g/mol. The smallest absolute Gasteiger partial charge is 0.0587 e. The molecule has 0 saturated heterocycles. The molecular formula is C14H22BrNO. The zero-order chi connectivity index (χ0) is 12.5. The number of rotatable bonds is 8. The van der Waals surface area contributed by atoms with Gasteiger partial charge >= 0.3 is 0 Å². The van der Waals surface area contributed by atoms with Crippen LogP contribution in [0.15, 0.2) is 22.7 Å². The summed E-state index contributed by atoms with van der Waals surface area (Å²) >= 11 is 3.52. The van der Waals surface area contributed by atoms with E-state index in [2.05, 4.69) is 46.4 Å². The standard InChI is InChI=1S/C14H22BrNO/c1-12-11-13(6-7-14(12)15)5-3-4-8-16-9-10-17-2/h6-7,11,16H,3-5,8-10H2,1-2H3. The van der Waals surface area contributed by atoms with Crippen molar-refractivity contribution in [1.82, 2.24) is 5.32 Å². The Morgan fingerprint density at radius 1 is 1.24 bits per heavy atom. The van der Waals surface area contributed by atoms with Crippen LogP contribution in [0.5, 0.6) is 0 Å². The molecule has 0 aliphatic carbocycles. The first-order chi connectivity index (χ1) is 8.24. The summed E-state index contributed by atoms with van der Waals surface area (Å²) in [6, 6.07) is 6.61. The molecule has 1 aromatic carbocycles. The van der Waals surface area contributed by atoms with E-state index in [9.17, 15) is 0 Å². The highest BCUT2D eigenvalue weighted by atomic mass is 79.9. The van der Waals surface area contributed by atoms with Gasteiger partial charge in [-0.3, -0.25) is 0 Å². The van der Waals surface area contributed by atoms with E-state index < -0.39 is 0 Å². The molecule has 0 atom stereocenters. The second-order valence-electron chi connectivity index (χ2n) is 4.28. The van der Waals surface area contributed by atoms with E-state index >= 15 is 0 Å². The van der Waals surface area contributed by atoms with Gasteiger partial charge in [0.25, 0.3) is 0 Å². The molecule has 0 aromatic heterocycles. The minimum Gasteiger partial charge on any atom is -0.383 e. The molecular weight excluding hydrogens is 278 g/mol. The van der Waals surface area contributed by atoms with E-state index in [1.165, 1.54) is 34.9 Å². The molecule has 0 aliphatic heterocycles. The third kappa shape index (κ3) is 6.20. The Bertz CT molecular complexity index is 328. The fourth-order valence-corrected chi connectivity index (χ4v) is 1.99. The molecule has 1 N–H and O–H groups in total. The van der Waals surface area contributed by atoms with Crippen molar-refractivity contribution < 1.29 is 4.74 Å². The first-order valence-electron chi connectivity index (χ1n) is 6.18. The highest BCUT2D eigenvalue weighted by molar-refractivity contribution is 9.10. The third-order valence-corrected chi connectivity index (χ3v) is 3.66. The SMILES string of the molecule is COCCNCCCCc1ccc(Br)c(C)c1. The van der Waals surface area contributed by atoms with Gasteiger partial charge in [-0.1, -0.05) is 28.1 Å². The molecule has 3 heteroatoms. The number of aryl methyl sites for hydroxylation is 2. The lowest BCUT2D eigenvalue weighted by Gasteiger charge is -2.06. The van der Waals surface area contributed by atoms with Crippen LogP contribution in [-0.4, -0.2) is 26.8 Å². The summed E-state index contributed by atoms with van der Waals surface area (Å²) < 4.78 is 6.17. The predicted octanol–water partition coefficient (Wildman–Crippen LogP) is 3.32. The molecule has 0 fully saturated rings. The molecule has 0 aliphatic rings. The minimum atomic E-state index is 0.798. The van der Waals surface area contributed by atoms with Gasteiger partial charge in [-0.15, -0.1) is 0 Å². The van der Waals surface area contributed by atoms with E-state index in [1.807, 2.05) is 0 Å². The highest BCUT2D eigenvalue weighted by Crippen LogP contribution is 2.18. The number of halogens is 1. The molecule has 1 aromatic rings. The highest BCUT2D eigenvalue weighted by Gasteiger charge is 1.97. The van der Waals surface area contributed by atoms with Crippen molar-refractivity contribution in [1.29, 1.82) is 0 Å². The maximum absolute atomic E-state index is 4.98. The van der Waals surface area contributed by atoms with Crippen LogP contribution in [0.1, 0.15) is 24.0 Å². The molecule has 0 heterocycles. The van der Waals surface area contributed by atoms with Crippen molar-refractivity contribution in [3.63, 3.8) is 0 Å². The summed E-state index contributed by atoms with van der Waals surface area (Å²) in [4.78, 5) is 0. The fourth-order valence-electron chi connectivity index (χ4n) is 1.74. The van der Waals surface area contributed by atoms with Crippen LogP contribution in [0.25, 0.3) is 0 Å². The normalized spacial score (nSPS) is 10.8. The first-order valence-corrected chi connectivity index (χ1v) is 6.98. The third-order valence-electron chi connectivity index (χ3n) is 2.77. The lowest BCUT2D eigenvalue weighted by atomic mass is 10.1. The van der Waals surface area contributed by atoms with E-state index in [-0.39, 0.29) is 0 Å². The van der Waals surface area contributed by atoms with Crippen molar-refractivity contribution in [3.05, 3.63) is 33.8 Å². The van der Waals surface area contributed by atoms with E-state index in [4.69, 9.17) is 4.74 Å². The molecule has 0 radical (unpaired) electrons. The average molecular weight is 300 g/mol. The second kappa shape index (κ2) is 8.67. The van der Waals surface area contributed by atoms with Gasteiger partial charge in [0.05, 0.1) is 6.61 Å². The van der Waals surface area contributed by atoms with Crippen molar-refractivity contribution in [3.8, 4) is 0 Å². The number of hydrogen-bond donors (Lipinski definition) is 1. The van der Waals surface area contributed by atoms with Crippen LogP contribution in [0.4, 0.5) is 0 Å². The molecule has 0 spiro atoms. The van der Waals surface area contributed by atoms with Crippen LogP contribution in [-0.2, 0) is 11.2 Å². The Balaban J connectivity index is 2.11. The van der Waals surface area contributed by atoms with Gasteiger partial charge in [-0.25, -0.2) is 0 Å². The van der Waals surface area contributed by atoms with Gasteiger partial charge < -0.3 is 10.1 Å². The number of ether oxygens (including phenoxy) is 1. The average Bonchev–Trinajstić information content (AvgIpc) is 2.32. The molecule has 1 rings (SSSR count). The number of nitrogens with one attached hydrogen (secondary N) is 1. The number of benzene rings is 1. The van der Waals surface area contributed by atoms with Gasteiger partial charge in [0.1, 0.15) is 0 Å². The maximum Gasteiger partial charge on any atom is 0.0587 e. The maximum atomic E-state index is 4.98. The van der Waals surface area contributed by atoms with Crippen LogP contribution < -0.4 is 5.32 Å². The molecule has 0 amide bonds. The molecule has 0 bridgehead atoms. The summed E-state index contributed by atoms with van der Waals surface area (Å²) in [6.07, 6.45) is 3.62. The van der Waals surface area contributed by atoms with Gasteiger partial charge in [0, 0.05) is 18.1 Å². The van der Waals surface area contributed by atoms with Crippen LogP contribution in [0.2, 0.25) is 0 Å². The molecule has 96 valence electrons. The summed E-state index contributed by atoms with van der Waals surface area (Å²) in [7, 11) is 1.73. The van der Waals surface area contributed by atoms with Gasteiger partial charge in [-0.05, 0) is 49.9 Å². The van der Waals surface area contributed by atoms with Gasteiger partial charge in [-0.2, -0.15) is 0 Å².